The van der Waals surface area contributed by atoms with Crippen LogP contribution in [-0.4, -0.2) is 16.9 Å². The van der Waals surface area contributed by atoms with Crippen LogP contribution in [0.5, 0.6) is 5.75 Å². The molecule has 0 radical (unpaired) electrons. The fourth-order valence-corrected chi connectivity index (χ4v) is 2.33. The molecular formula is C15H20ClN3O. The molecule has 5 heteroatoms. The van der Waals surface area contributed by atoms with Crippen molar-refractivity contribution >= 4 is 17.3 Å². The summed E-state index contributed by atoms with van der Waals surface area (Å²) < 4.78 is 7.17. The Morgan fingerprint density at radius 3 is 2.70 bits per heavy atom. The maximum atomic E-state index is 6.11. The van der Waals surface area contributed by atoms with Crippen molar-refractivity contribution in [1.82, 2.24) is 9.78 Å². The van der Waals surface area contributed by atoms with Gasteiger partial charge in [0.2, 0.25) is 0 Å². The molecule has 0 spiro atoms. The summed E-state index contributed by atoms with van der Waals surface area (Å²) in [6.45, 7) is 5.81. The van der Waals surface area contributed by atoms with Crippen LogP contribution in [0.4, 0.5) is 5.69 Å². The predicted molar refractivity (Wildman–Crippen MR) is 82.6 cm³/mol. The minimum Gasteiger partial charge on any atom is -0.495 e. The Labute approximate surface area is 124 Å². The first-order valence-corrected chi connectivity index (χ1v) is 7.18. The zero-order valence-corrected chi connectivity index (χ0v) is 12.9. The fourth-order valence-electron chi connectivity index (χ4n) is 2.07. The van der Waals surface area contributed by atoms with Crippen molar-refractivity contribution in [1.29, 1.82) is 0 Å². The lowest BCUT2D eigenvalue weighted by Gasteiger charge is -2.10. The average Bonchev–Trinajstić information content (AvgIpc) is 2.87. The summed E-state index contributed by atoms with van der Waals surface area (Å²) >= 11 is 6.11. The lowest BCUT2D eigenvalue weighted by atomic mass is 10.2. The molecule has 0 saturated heterocycles. The molecule has 2 aromatic rings. The molecule has 0 saturated carbocycles. The van der Waals surface area contributed by atoms with Gasteiger partial charge in [0.05, 0.1) is 30.1 Å². The minimum atomic E-state index is 0.607. The minimum absolute atomic E-state index is 0.607. The number of halogens is 1. The van der Waals surface area contributed by atoms with Crippen LogP contribution in [0, 0.1) is 0 Å². The lowest BCUT2D eigenvalue weighted by molar-refractivity contribution is 0.415. The number of hydrogen-bond acceptors (Lipinski definition) is 3. The second-order valence-electron chi connectivity index (χ2n) is 4.50. The van der Waals surface area contributed by atoms with Crippen molar-refractivity contribution in [3.63, 3.8) is 0 Å². The van der Waals surface area contributed by atoms with E-state index in [9.17, 15) is 0 Å². The van der Waals surface area contributed by atoms with E-state index < -0.39 is 0 Å². The Balaban J connectivity index is 2.08. The monoisotopic (exact) mass is 293 g/mol. The van der Waals surface area contributed by atoms with Gasteiger partial charge in [-0.25, -0.2) is 0 Å². The predicted octanol–water partition coefficient (Wildman–Crippen LogP) is 3.74. The van der Waals surface area contributed by atoms with Crippen LogP contribution in [-0.2, 0) is 19.5 Å². The van der Waals surface area contributed by atoms with Gasteiger partial charge >= 0.3 is 0 Å². The van der Waals surface area contributed by atoms with Gasteiger partial charge in [-0.15, -0.1) is 0 Å². The third-order valence-electron chi connectivity index (χ3n) is 3.20. The summed E-state index contributed by atoms with van der Waals surface area (Å²) in [5.41, 5.74) is 3.27. The molecule has 1 heterocycles. The quantitative estimate of drug-likeness (QED) is 0.882. The largest absolute Gasteiger partial charge is 0.495 e. The first kappa shape index (κ1) is 14.7. The van der Waals surface area contributed by atoms with E-state index in [0.717, 1.165) is 30.9 Å². The number of ether oxygens (including phenoxy) is 1. The molecule has 0 amide bonds. The summed E-state index contributed by atoms with van der Waals surface area (Å²) in [7, 11) is 1.61. The molecule has 0 aliphatic heterocycles. The Hall–Kier alpha value is -1.68. The van der Waals surface area contributed by atoms with Gasteiger partial charge in [-0.05, 0) is 37.6 Å². The number of aryl methyl sites for hydroxylation is 2. The molecular weight excluding hydrogens is 274 g/mol. The van der Waals surface area contributed by atoms with E-state index in [-0.39, 0.29) is 0 Å². The van der Waals surface area contributed by atoms with Gasteiger partial charge in [-0.1, -0.05) is 18.5 Å². The summed E-state index contributed by atoms with van der Waals surface area (Å²) in [6, 6.07) is 7.83. The third-order valence-corrected chi connectivity index (χ3v) is 3.50. The normalized spacial score (nSPS) is 10.6. The molecule has 4 nitrogen and oxygen atoms in total. The third kappa shape index (κ3) is 3.25. The van der Waals surface area contributed by atoms with Crippen molar-refractivity contribution in [2.75, 3.05) is 12.4 Å². The van der Waals surface area contributed by atoms with Crippen molar-refractivity contribution in [3.05, 3.63) is 40.7 Å². The van der Waals surface area contributed by atoms with E-state index >= 15 is 0 Å². The van der Waals surface area contributed by atoms with Gasteiger partial charge in [0, 0.05) is 12.2 Å². The number of nitrogens with zero attached hydrogens (tertiary/aromatic N) is 2. The summed E-state index contributed by atoms with van der Waals surface area (Å²) in [5, 5.41) is 8.51. The summed E-state index contributed by atoms with van der Waals surface area (Å²) in [6.07, 6.45) is 0.953. The Bertz CT molecular complexity index is 580. The van der Waals surface area contributed by atoms with E-state index in [1.165, 1.54) is 5.69 Å². The van der Waals surface area contributed by atoms with Gasteiger partial charge in [0.1, 0.15) is 5.75 Å². The van der Waals surface area contributed by atoms with Gasteiger partial charge in [0.25, 0.3) is 0 Å². The molecule has 1 aromatic heterocycles. The maximum absolute atomic E-state index is 6.11. The molecule has 20 heavy (non-hydrogen) atoms. The van der Waals surface area contributed by atoms with Crippen LogP contribution in [0.1, 0.15) is 25.2 Å². The maximum Gasteiger partial charge on any atom is 0.137 e. The van der Waals surface area contributed by atoms with Crippen molar-refractivity contribution < 1.29 is 4.74 Å². The summed E-state index contributed by atoms with van der Waals surface area (Å²) in [4.78, 5) is 0. The molecule has 0 atom stereocenters. The highest BCUT2D eigenvalue weighted by Gasteiger charge is 2.06. The Morgan fingerprint density at radius 1 is 1.30 bits per heavy atom. The van der Waals surface area contributed by atoms with E-state index in [2.05, 4.69) is 30.3 Å². The number of benzene rings is 1. The van der Waals surface area contributed by atoms with E-state index in [1.54, 1.807) is 7.11 Å². The smallest absolute Gasteiger partial charge is 0.137 e. The number of aromatic nitrogens is 2. The topological polar surface area (TPSA) is 39.1 Å². The second kappa shape index (κ2) is 6.66. The second-order valence-corrected chi connectivity index (χ2v) is 4.91. The molecule has 0 bridgehead atoms. The molecule has 2 rings (SSSR count). The van der Waals surface area contributed by atoms with Crippen LogP contribution < -0.4 is 10.1 Å². The summed E-state index contributed by atoms with van der Waals surface area (Å²) in [5.74, 6) is 0.684. The number of anilines is 1. The number of hydrogen-bond donors (Lipinski definition) is 1. The molecule has 0 aliphatic carbocycles. The zero-order chi connectivity index (χ0) is 14.5. The van der Waals surface area contributed by atoms with Crippen molar-refractivity contribution in [2.45, 2.75) is 33.4 Å². The van der Waals surface area contributed by atoms with Gasteiger partial charge in [0.15, 0.2) is 0 Å². The van der Waals surface area contributed by atoms with Crippen LogP contribution in [0.25, 0.3) is 0 Å². The van der Waals surface area contributed by atoms with Crippen LogP contribution in [0.2, 0.25) is 5.02 Å². The van der Waals surface area contributed by atoms with Gasteiger partial charge in [-0.2, -0.15) is 5.10 Å². The van der Waals surface area contributed by atoms with Crippen LogP contribution in [0.15, 0.2) is 24.3 Å². The Kier molecular flexibility index (Phi) is 4.90. The van der Waals surface area contributed by atoms with Crippen molar-refractivity contribution in [3.8, 4) is 5.75 Å². The molecule has 1 N–H and O–H groups in total. The van der Waals surface area contributed by atoms with Gasteiger partial charge in [-0.3, -0.25) is 4.68 Å². The number of rotatable bonds is 6. The standard InChI is InChI=1S/C15H20ClN3O/c1-4-11-8-13(19(5-2)18-11)10-17-12-6-7-15(20-3)14(16)9-12/h6-9,17H,4-5,10H2,1-3H3. The number of nitrogens with one attached hydrogen (secondary N) is 1. The van der Waals surface area contributed by atoms with E-state index in [0.29, 0.717) is 10.8 Å². The molecule has 0 fully saturated rings. The highest BCUT2D eigenvalue weighted by Crippen LogP contribution is 2.27. The first-order valence-electron chi connectivity index (χ1n) is 6.81. The molecule has 0 unspecified atom stereocenters. The molecule has 0 aliphatic rings. The zero-order valence-electron chi connectivity index (χ0n) is 12.1. The lowest BCUT2D eigenvalue weighted by Crippen LogP contribution is -2.07. The first-order chi connectivity index (χ1) is 9.67. The SMILES string of the molecule is CCc1cc(CNc2ccc(OC)c(Cl)c2)n(CC)n1. The van der Waals surface area contributed by atoms with E-state index in [1.807, 2.05) is 22.9 Å². The molecule has 1 aromatic carbocycles. The van der Waals surface area contributed by atoms with Crippen molar-refractivity contribution in [2.24, 2.45) is 0 Å². The van der Waals surface area contributed by atoms with Crippen LogP contribution >= 0.6 is 11.6 Å². The molecule has 108 valence electrons. The fraction of sp³-hybridized carbons (Fsp3) is 0.400. The van der Waals surface area contributed by atoms with E-state index in [4.69, 9.17) is 16.3 Å². The van der Waals surface area contributed by atoms with Crippen LogP contribution in [0.3, 0.4) is 0 Å². The highest BCUT2D eigenvalue weighted by atomic mass is 35.5. The number of methoxy groups -OCH3 is 1. The Morgan fingerprint density at radius 2 is 2.10 bits per heavy atom. The highest BCUT2D eigenvalue weighted by molar-refractivity contribution is 6.32. The average molecular weight is 294 g/mol. The van der Waals surface area contributed by atoms with Gasteiger partial charge < -0.3 is 10.1 Å².